The second-order valence-electron chi connectivity index (χ2n) is 13.0. The van der Waals surface area contributed by atoms with Crippen molar-refractivity contribution in [3.8, 4) is 0 Å². The van der Waals surface area contributed by atoms with E-state index in [9.17, 15) is 13.2 Å². The molecule has 4 aliphatic rings. The van der Waals surface area contributed by atoms with Crippen LogP contribution < -0.4 is 0 Å². The van der Waals surface area contributed by atoms with Crippen LogP contribution in [0.2, 0.25) is 0 Å². The molecular formula is C30H44O5S. The summed E-state index contributed by atoms with van der Waals surface area (Å²) < 4.78 is 37.4. The maximum atomic E-state index is 12.9. The molecule has 0 aliphatic heterocycles. The molecule has 5 nitrogen and oxygen atoms in total. The molecule has 9 atom stereocenters. The number of fused-ring (bicyclic) bond motifs is 5. The fourth-order valence-corrected chi connectivity index (χ4v) is 10.5. The minimum absolute atomic E-state index is 0.0101. The number of rotatable bonds is 5. The SMILES string of the molecule is CC(=O)O[C@H](C)[C@H]1CC[C@H]2[C@@H]3CC[C@H]4C[C@@H](OS(=O)(=O)c5ccc(C)cc5)CC[C@]4(C)[C@H]3CC[C@]12C. The van der Waals surface area contributed by atoms with Gasteiger partial charge in [0.2, 0.25) is 0 Å². The molecule has 36 heavy (non-hydrogen) atoms. The van der Waals surface area contributed by atoms with Crippen LogP contribution in [0.1, 0.15) is 91.0 Å². The summed E-state index contributed by atoms with van der Waals surface area (Å²) >= 11 is 0. The van der Waals surface area contributed by atoms with Gasteiger partial charge in [0.15, 0.2) is 0 Å². The number of hydrogen-bond acceptors (Lipinski definition) is 5. The highest BCUT2D eigenvalue weighted by atomic mass is 32.2. The van der Waals surface area contributed by atoms with Gasteiger partial charge in [-0.25, -0.2) is 0 Å². The molecule has 4 saturated carbocycles. The van der Waals surface area contributed by atoms with Crippen LogP contribution in [0.4, 0.5) is 0 Å². The first-order chi connectivity index (χ1) is 16.9. The first-order valence-corrected chi connectivity index (χ1v) is 15.5. The Kier molecular flexibility index (Phi) is 6.85. The second kappa shape index (κ2) is 9.41. The van der Waals surface area contributed by atoms with Gasteiger partial charge in [-0.15, -0.1) is 0 Å². The summed E-state index contributed by atoms with van der Waals surface area (Å²) in [6.45, 7) is 10.5. The van der Waals surface area contributed by atoms with Gasteiger partial charge in [-0.2, -0.15) is 8.42 Å². The van der Waals surface area contributed by atoms with Gasteiger partial charge in [-0.3, -0.25) is 8.98 Å². The van der Waals surface area contributed by atoms with Crippen LogP contribution in [0.15, 0.2) is 29.2 Å². The third-order valence-electron chi connectivity index (χ3n) is 11.2. The predicted molar refractivity (Wildman–Crippen MR) is 140 cm³/mol. The van der Waals surface area contributed by atoms with Crippen LogP contribution in [0, 0.1) is 47.3 Å². The summed E-state index contributed by atoms with van der Waals surface area (Å²) in [6, 6.07) is 6.96. The fourth-order valence-electron chi connectivity index (χ4n) is 9.40. The van der Waals surface area contributed by atoms with Crippen molar-refractivity contribution in [3.05, 3.63) is 29.8 Å². The lowest BCUT2D eigenvalue weighted by atomic mass is 9.44. The lowest BCUT2D eigenvalue weighted by Gasteiger charge is -2.61. The van der Waals surface area contributed by atoms with Crippen molar-refractivity contribution in [2.45, 2.75) is 110 Å². The average molecular weight is 517 g/mol. The van der Waals surface area contributed by atoms with Gasteiger partial charge in [0.25, 0.3) is 10.1 Å². The molecule has 4 aliphatic carbocycles. The van der Waals surface area contributed by atoms with Crippen LogP contribution in [-0.2, 0) is 23.8 Å². The van der Waals surface area contributed by atoms with Crippen molar-refractivity contribution in [2.24, 2.45) is 40.4 Å². The Bertz CT molecular complexity index is 1080. The average Bonchev–Trinajstić information content (AvgIpc) is 3.16. The van der Waals surface area contributed by atoms with Gasteiger partial charge in [0, 0.05) is 12.8 Å². The van der Waals surface area contributed by atoms with Crippen molar-refractivity contribution in [1.82, 2.24) is 0 Å². The number of benzene rings is 1. The quantitative estimate of drug-likeness (QED) is 0.322. The molecule has 5 rings (SSSR count). The van der Waals surface area contributed by atoms with Gasteiger partial charge in [-0.05, 0) is 118 Å². The highest BCUT2D eigenvalue weighted by Crippen LogP contribution is 2.68. The lowest BCUT2D eigenvalue weighted by Crippen LogP contribution is -2.54. The molecule has 0 unspecified atom stereocenters. The number of ether oxygens (including phenoxy) is 1. The van der Waals surface area contributed by atoms with E-state index in [1.54, 1.807) is 12.1 Å². The normalized spacial score (nSPS) is 41.0. The van der Waals surface area contributed by atoms with Gasteiger partial charge in [-0.1, -0.05) is 31.5 Å². The van der Waals surface area contributed by atoms with Gasteiger partial charge < -0.3 is 4.74 Å². The monoisotopic (exact) mass is 516 g/mol. The molecule has 0 bridgehead atoms. The maximum Gasteiger partial charge on any atom is 0.302 e. The summed E-state index contributed by atoms with van der Waals surface area (Å²) in [5.41, 5.74) is 1.55. The standard InChI is InChI=1S/C30H44O5S/c1-19-6-9-24(10-7-19)36(32,33)35-23-14-16-29(4)22(18-23)8-11-25-27-13-12-26(20(2)34-21(3)31)30(27,5)17-15-28(25)29/h6-7,9-10,20,22-23,25-28H,8,11-18H2,1-5H3/t20-,22+,23+,25+,26-,27+,28+,29+,30-/m1/s1. The Balaban J connectivity index is 1.28. The van der Waals surface area contributed by atoms with E-state index >= 15 is 0 Å². The molecule has 0 saturated heterocycles. The van der Waals surface area contributed by atoms with E-state index in [-0.39, 0.29) is 33.9 Å². The minimum atomic E-state index is -3.74. The Morgan fingerprint density at radius 2 is 1.61 bits per heavy atom. The zero-order chi connectivity index (χ0) is 25.9. The highest BCUT2D eigenvalue weighted by molar-refractivity contribution is 7.86. The zero-order valence-corrected chi connectivity index (χ0v) is 23.5. The number of hydrogen-bond donors (Lipinski definition) is 0. The van der Waals surface area contributed by atoms with Crippen molar-refractivity contribution < 1.29 is 22.1 Å². The first-order valence-electron chi connectivity index (χ1n) is 14.1. The Labute approximate surface area is 217 Å². The summed E-state index contributed by atoms with van der Waals surface area (Å²) in [5, 5.41) is 0. The summed E-state index contributed by atoms with van der Waals surface area (Å²) in [6.07, 6.45) is 9.72. The fraction of sp³-hybridized carbons (Fsp3) is 0.767. The number of aryl methyl sites for hydroxylation is 1. The van der Waals surface area contributed by atoms with Crippen molar-refractivity contribution in [3.63, 3.8) is 0 Å². The summed E-state index contributed by atoms with van der Waals surface area (Å²) in [4.78, 5) is 11.9. The maximum absolute atomic E-state index is 12.9. The number of carbonyl (C=O) groups is 1. The summed E-state index contributed by atoms with van der Waals surface area (Å²) in [7, 11) is -3.74. The zero-order valence-electron chi connectivity index (χ0n) is 22.7. The van der Waals surface area contributed by atoms with Crippen LogP contribution in [0.5, 0.6) is 0 Å². The van der Waals surface area contributed by atoms with Gasteiger partial charge in [0.05, 0.1) is 11.0 Å². The van der Waals surface area contributed by atoms with Gasteiger partial charge >= 0.3 is 5.97 Å². The van der Waals surface area contributed by atoms with Crippen molar-refractivity contribution in [1.29, 1.82) is 0 Å². The van der Waals surface area contributed by atoms with E-state index in [1.807, 2.05) is 19.1 Å². The van der Waals surface area contributed by atoms with E-state index in [2.05, 4.69) is 20.8 Å². The smallest absolute Gasteiger partial charge is 0.302 e. The highest BCUT2D eigenvalue weighted by Gasteiger charge is 2.61. The Morgan fingerprint density at radius 1 is 0.944 bits per heavy atom. The molecule has 0 aromatic heterocycles. The Hall–Kier alpha value is -1.40. The summed E-state index contributed by atoms with van der Waals surface area (Å²) in [5.74, 6) is 2.94. The van der Waals surface area contributed by atoms with E-state index < -0.39 is 10.1 Å². The molecule has 0 N–H and O–H groups in total. The third kappa shape index (κ3) is 4.44. The van der Waals surface area contributed by atoms with Crippen molar-refractivity contribution in [2.75, 3.05) is 0 Å². The number of esters is 1. The molecule has 0 heterocycles. The largest absolute Gasteiger partial charge is 0.463 e. The van der Waals surface area contributed by atoms with E-state index in [1.165, 1.54) is 39.0 Å². The molecule has 1 aromatic carbocycles. The van der Waals surface area contributed by atoms with Gasteiger partial charge in [0.1, 0.15) is 6.10 Å². The predicted octanol–water partition coefficient (Wildman–Crippen LogP) is 6.68. The molecule has 1 aromatic rings. The topological polar surface area (TPSA) is 69.7 Å². The lowest BCUT2D eigenvalue weighted by molar-refractivity contribution is -0.155. The molecule has 0 spiro atoms. The van der Waals surface area contributed by atoms with E-state index in [0.717, 1.165) is 37.2 Å². The molecule has 4 fully saturated rings. The van der Waals surface area contributed by atoms with Crippen LogP contribution in [0.3, 0.4) is 0 Å². The number of carbonyl (C=O) groups excluding carboxylic acids is 1. The van der Waals surface area contributed by atoms with Crippen LogP contribution in [0.25, 0.3) is 0 Å². The molecular weight excluding hydrogens is 472 g/mol. The Morgan fingerprint density at radius 3 is 2.31 bits per heavy atom. The minimum Gasteiger partial charge on any atom is -0.463 e. The van der Waals surface area contributed by atoms with E-state index in [0.29, 0.717) is 23.7 Å². The van der Waals surface area contributed by atoms with Crippen molar-refractivity contribution >= 4 is 16.1 Å². The van der Waals surface area contributed by atoms with E-state index in [4.69, 9.17) is 8.92 Å². The van der Waals surface area contributed by atoms with Crippen LogP contribution >= 0.6 is 0 Å². The first kappa shape index (κ1) is 26.2. The molecule has 200 valence electrons. The second-order valence-corrected chi connectivity index (χ2v) is 14.5. The van der Waals surface area contributed by atoms with Crippen LogP contribution in [-0.4, -0.2) is 26.6 Å². The third-order valence-corrected chi connectivity index (χ3v) is 12.6. The molecule has 0 amide bonds. The molecule has 6 heteroatoms. The molecule has 0 radical (unpaired) electrons.